The van der Waals surface area contributed by atoms with E-state index in [4.69, 9.17) is 4.74 Å². The van der Waals surface area contributed by atoms with Crippen LogP contribution < -0.4 is 4.74 Å². The number of H-pyrrole nitrogens is 1. The second-order valence-corrected chi connectivity index (χ2v) is 6.08. The number of fused-ring (bicyclic) bond motifs is 1. The highest BCUT2D eigenvalue weighted by molar-refractivity contribution is 5.79. The molecule has 130 valence electrons. The average Bonchev–Trinajstić information content (AvgIpc) is 3.06. The van der Waals surface area contributed by atoms with Crippen LogP contribution in [0.1, 0.15) is 22.4 Å². The van der Waals surface area contributed by atoms with Crippen molar-refractivity contribution in [1.29, 1.82) is 0 Å². The van der Waals surface area contributed by atoms with Gasteiger partial charge in [0.15, 0.2) is 0 Å². The third-order valence-corrected chi connectivity index (χ3v) is 4.26. The third kappa shape index (κ3) is 3.39. The Balaban J connectivity index is 1.49. The van der Waals surface area contributed by atoms with Crippen LogP contribution in [-0.2, 0) is 12.8 Å². The molecular formula is C20H17FN4O. The minimum Gasteiger partial charge on any atom is -0.481 e. The molecule has 1 N–H and O–H groups in total. The Labute approximate surface area is 149 Å². The van der Waals surface area contributed by atoms with Gasteiger partial charge >= 0.3 is 0 Å². The van der Waals surface area contributed by atoms with Crippen molar-refractivity contribution in [2.75, 3.05) is 7.11 Å². The second kappa shape index (κ2) is 6.92. The highest BCUT2D eigenvalue weighted by Crippen LogP contribution is 2.20. The largest absolute Gasteiger partial charge is 0.481 e. The molecule has 0 aromatic carbocycles. The highest BCUT2D eigenvalue weighted by atomic mass is 19.1. The molecule has 0 aliphatic carbocycles. The van der Waals surface area contributed by atoms with Gasteiger partial charge in [0.2, 0.25) is 5.88 Å². The predicted octanol–water partition coefficient (Wildman–Crippen LogP) is 3.68. The molecule has 4 aromatic heterocycles. The molecule has 0 amide bonds. The van der Waals surface area contributed by atoms with Crippen molar-refractivity contribution in [3.05, 3.63) is 83.3 Å². The first-order valence-electron chi connectivity index (χ1n) is 8.25. The molecule has 0 aliphatic heterocycles. The van der Waals surface area contributed by atoms with Crippen molar-refractivity contribution >= 4 is 11.0 Å². The summed E-state index contributed by atoms with van der Waals surface area (Å²) in [4.78, 5) is 15.9. The predicted molar refractivity (Wildman–Crippen MR) is 96.7 cm³/mol. The molecule has 6 heteroatoms. The summed E-state index contributed by atoms with van der Waals surface area (Å²) >= 11 is 0. The molecule has 26 heavy (non-hydrogen) atoms. The van der Waals surface area contributed by atoms with Crippen LogP contribution in [-0.4, -0.2) is 27.0 Å². The van der Waals surface area contributed by atoms with Crippen molar-refractivity contribution in [2.45, 2.75) is 12.8 Å². The Morgan fingerprint density at radius 2 is 1.77 bits per heavy atom. The normalized spacial score (nSPS) is 11.0. The Kier molecular flexibility index (Phi) is 4.31. The van der Waals surface area contributed by atoms with Gasteiger partial charge in [-0.2, -0.15) is 0 Å². The zero-order valence-electron chi connectivity index (χ0n) is 14.2. The summed E-state index contributed by atoms with van der Waals surface area (Å²) < 4.78 is 18.5. The number of pyridine rings is 3. The van der Waals surface area contributed by atoms with Crippen LogP contribution in [0.25, 0.3) is 11.0 Å². The fourth-order valence-corrected chi connectivity index (χ4v) is 2.91. The Hall–Kier alpha value is -3.28. The zero-order valence-corrected chi connectivity index (χ0v) is 14.2. The van der Waals surface area contributed by atoms with Gasteiger partial charge in [-0.05, 0) is 28.8 Å². The van der Waals surface area contributed by atoms with Gasteiger partial charge in [-0.1, -0.05) is 12.1 Å². The second-order valence-electron chi connectivity index (χ2n) is 6.08. The highest BCUT2D eigenvalue weighted by Gasteiger charge is 2.08. The summed E-state index contributed by atoms with van der Waals surface area (Å²) in [6.07, 6.45) is 8.11. The molecule has 0 bridgehead atoms. The number of nitrogens with zero attached hydrogens (tertiary/aromatic N) is 3. The lowest BCUT2D eigenvalue weighted by atomic mass is 10.1. The van der Waals surface area contributed by atoms with Gasteiger partial charge in [-0.3, -0.25) is 4.98 Å². The van der Waals surface area contributed by atoms with Crippen LogP contribution in [0.3, 0.4) is 0 Å². The molecule has 0 radical (unpaired) electrons. The van der Waals surface area contributed by atoms with E-state index < -0.39 is 0 Å². The van der Waals surface area contributed by atoms with Gasteiger partial charge in [0.1, 0.15) is 11.5 Å². The number of nitrogens with one attached hydrogen (secondary N) is 1. The lowest BCUT2D eigenvalue weighted by Crippen LogP contribution is -1.96. The molecule has 0 saturated heterocycles. The van der Waals surface area contributed by atoms with Crippen molar-refractivity contribution < 1.29 is 9.13 Å². The van der Waals surface area contributed by atoms with Crippen LogP contribution in [0.2, 0.25) is 0 Å². The molecule has 0 atom stereocenters. The molecular weight excluding hydrogens is 331 g/mol. The van der Waals surface area contributed by atoms with Gasteiger partial charge in [-0.25, -0.2) is 14.4 Å². The first-order chi connectivity index (χ1) is 12.7. The van der Waals surface area contributed by atoms with Crippen LogP contribution in [0, 0.1) is 5.82 Å². The topological polar surface area (TPSA) is 63.7 Å². The van der Waals surface area contributed by atoms with E-state index in [0.29, 0.717) is 24.4 Å². The monoisotopic (exact) mass is 348 g/mol. The van der Waals surface area contributed by atoms with Crippen LogP contribution in [0.15, 0.2) is 55.1 Å². The molecule has 4 heterocycles. The lowest BCUT2D eigenvalue weighted by molar-refractivity contribution is 0.397. The first-order valence-corrected chi connectivity index (χ1v) is 8.25. The molecule has 4 aromatic rings. The maximum Gasteiger partial charge on any atom is 0.212 e. The molecule has 0 unspecified atom stereocenters. The fraction of sp³-hybridized carbons (Fsp3) is 0.150. The Morgan fingerprint density at radius 1 is 0.962 bits per heavy atom. The quantitative estimate of drug-likeness (QED) is 0.597. The number of hydrogen-bond donors (Lipinski definition) is 1. The van der Waals surface area contributed by atoms with Gasteiger partial charge < -0.3 is 9.72 Å². The summed E-state index contributed by atoms with van der Waals surface area (Å²) in [7, 11) is 1.60. The maximum atomic E-state index is 13.4. The SMILES string of the molecule is COc1ccc(Cc2ccc(Cc3c[nH]c4ncc(F)cc34)cn2)cn1. The third-order valence-electron chi connectivity index (χ3n) is 4.26. The summed E-state index contributed by atoms with van der Waals surface area (Å²) in [5.74, 6) is 0.265. The Morgan fingerprint density at radius 3 is 2.50 bits per heavy atom. The number of rotatable bonds is 5. The van der Waals surface area contributed by atoms with Crippen LogP contribution in [0.5, 0.6) is 5.88 Å². The van der Waals surface area contributed by atoms with Crippen molar-refractivity contribution in [3.8, 4) is 5.88 Å². The van der Waals surface area contributed by atoms with Gasteiger partial charge in [-0.15, -0.1) is 0 Å². The van der Waals surface area contributed by atoms with E-state index in [2.05, 4.69) is 19.9 Å². The molecule has 5 nitrogen and oxygen atoms in total. The van der Waals surface area contributed by atoms with E-state index in [-0.39, 0.29) is 5.82 Å². The van der Waals surface area contributed by atoms with E-state index in [9.17, 15) is 4.39 Å². The fourth-order valence-electron chi connectivity index (χ4n) is 2.91. The van der Waals surface area contributed by atoms with Gasteiger partial charge in [0.05, 0.1) is 13.3 Å². The minimum absolute atomic E-state index is 0.333. The van der Waals surface area contributed by atoms with Gasteiger partial charge in [0.25, 0.3) is 0 Å². The number of aromatic amines is 1. The summed E-state index contributed by atoms with van der Waals surface area (Å²) in [5, 5.41) is 0.804. The molecule has 0 saturated carbocycles. The summed E-state index contributed by atoms with van der Waals surface area (Å²) in [5.41, 5.74) is 4.79. The van der Waals surface area contributed by atoms with E-state index >= 15 is 0 Å². The van der Waals surface area contributed by atoms with E-state index in [1.807, 2.05) is 36.7 Å². The molecule has 0 fully saturated rings. The van der Waals surface area contributed by atoms with E-state index in [1.54, 1.807) is 13.3 Å². The maximum absolute atomic E-state index is 13.4. The van der Waals surface area contributed by atoms with E-state index in [0.717, 1.165) is 27.8 Å². The molecule has 4 rings (SSSR count). The number of hydrogen-bond acceptors (Lipinski definition) is 4. The Bertz CT molecular complexity index is 1030. The number of ether oxygens (including phenoxy) is 1. The van der Waals surface area contributed by atoms with Crippen molar-refractivity contribution in [1.82, 2.24) is 19.9 Å². The number of methoxy groups -OCH3 is 1. The van der Waals surface area contributed by atoms with E-state index in [1.165, 1.54) is 12.3 Å². The van der Waals surface area contributed by atoms with Crippen LogP contribution >= 0.6 is 0 Å². The van der Waals surface area contributed by atoms with Gasteiger partial charge in [0, 0.05) is 48.6 Å². The lowest BCUT2D eigenvalue weighted by Gasteiger charge is -2.05. The summed E-state index contributed by atoms with van der Waals surface area (Å²) in [6.45, 7) is 0. The first kappa shape index (κ1) is 16.2. The van der Waals surface area contributed by atoms with Crippen molar-refractivity contribution in [2.24, 2.45) is 0 Å². The standard InChI is InChI=1S/C20H17FN4O/c1-26-19-5-3-14(10-23-19)7-17-4-2-13(9-22-17)6-15-11-24-20-18(15)8-16(21)12-25-20/h2-5,8-12H,6-7H2,1H3,(H,24,25). The number of halogens is 1. The summed E-state index contributed by atoms with van der Waals surface area (Å²) in [6, 6.07) is 9.38. The number of aromatic nitrogens is 4. The zero-order chi connectivity index (χ0) is 17.9. The van der Waals surface area contributed by atoms with Crippen molar-refractivity contribution in [3.63, 3.8) is 0 Å². The smallest absolute Gasteiger partial charge is 0.212 e. The average molecular weight is 348 g/mol. The molecule has 0 aliphatic rings. The molecule has 0 spiro atoms. The van der Waals surface area contributed by atoms with Crippen LogP contribution in [0.4, 0.5) is 4.39 Å². The minimum atomic E-state index is -0.333.